The SMILES string of the molecule is CCC(C)(CCC(C)C)C(=O)OOC(C)(C)c1ccccc1. The van der Waals surface area contributed by atoms with Crippen LogP contribution in [0.15, 0.2) is 30.3 Å². The molecule has 0 saturated carbocycles. The molecule has 0 aliphatic rings. The van der Waals surface area contributed by atoms with Crippen molar-refractivity contribution in [3.8, 4) is 0 Å². The van der Waals surface area contributed by atoms with Crippen LogP contribution in [0.3, 0.4) is 0 Å². The second-order valence-corrected chi connectivity index (χ2v) is 7.18. The summed E-state index contributed by atoms with van der Waals surface area (Å²) in [5.41, 5.74) is -0.177. The minimum absolute atomic E-state index is 0.278. The zero-order valence-electron chi connectivity index (χ0n) is 14.8. The molecule has 0 heterocycles. The van der Waals surface area contributed by atoms with E-state index in [2.05, 4.69) is 13.8 Å². The molecule has 0 aliphatic carbocycles. The maximum Gasteiger partial charge on any atom is 0.348 e. The van der Waals surface area contributed by atoms with E-state index in [4.69, 9.17) is 9.78 Å². The lowest BCUT2D eigenvalue weighted by Crippen LogP contribution is -2.33. The van der Waals surface area contributed by atoms with E-state index in [9.17, 15) is 4.79 Å². The van der Waals surface area contributed by atoms with Crippen molar-refractivity contribution in [3.63, 3.8) is 0 Å². The Morgan fingerprint density at radius 1 is 1.14 bits per heavy atom. The molecule has 1 aromatic rings. The van der Waals surface area contributed by atoms with Gasteiger partial charge in [-0.05, 0) is 51.5 Å². The summed E-state index contributed by atoms with van der Waals surface area (Å²) in [6, 6.07) is 9.77. The molecule has 0 aliphatic heterocycles. The highest BCUT2D eigenvalue weighted by Gasteiger charge is 2.35. The van der Waals surface area contributed by atoms with Crippen molar-refractivity contribution in [3.05, 3.63) is 35.9 Å². The average molecular weight is 306 g/mol. The van der Waals surface area contributed by atoms with Crippen LogP contribution in [-0.2, 0) is 20.2 Å². The molecule has 3 nitrogen and oxygen atoms in total. The molecule has 1 atom stereocenters. The lowest BCUT2D eigenvalue weighted by molar-refractivity contribution is -0.335. The molecule has 0 amide bonds. The second-order valence-electron chi connectivity index (χ2n) is 7.18. The van der Waals surface area contributed by atoms with Gasteiger partial charge in [0.25, 0.3) is 0 Å². The first-order valence-electron chi connectivity index (χ1n) is 8.17. The van der Waals surface area contributed by atoms with Crippen LogP contribution in [0.4, 0.5) is 0 Å². The van der Waals surface area contributed by atoms with E-state index in [0.717, 1.165) is 24.8 Å². The predicted molar refractivity (Wildman–Crippen MR) is 89.1 cm³/mol. The average Bonchev–Trinajstić information content (AvgIpc) is 2.51. The first kappa shape index (κ1) is 18.7. The van der Waals surface area contributed by atoms with Crippen molar-refractivity contribution in [2.24, 2.45) is 11.3 Å². The molecule has 0 saturated heterocycles. The van der Waals surface area contributed by atoms with Crippen molar-refractivity contribution in [2.45, 2.75) is 66.4 Å². The fraction of sp³-hybridized carbons (Fsp3) is 0.632. The molecule has 22 heavy (non-hydrogen) atoms. The fourth-order valence-corrected chi connectivity index (χ4v) is 2.16. The maximum absolute atomic E-state index is 12.4. The van der Waals surface area contributed by atoms with Gasteiger partial charge in [-0.15, -0.1) is 0 Å². The van der Waals surface area contributed by atoms with E-state index in [-0.39, 0.29) is 5.97 Å². The van der Waals surface area contributed by atoms with Crippen molar-refractivity contribution in [1.29, 1.82) is 0 Å². The molecule has 0 aromatic heterocycles. The highest BCUT2D eigenvalue weighted by Crippen LogP contribution is 2.32. The molecular formula is C19H30O3. The van der Waals surface area contributed by atoms with Crippen molar-refractivity contribution in [1.82, 2.24) is 0 Å². The van der Waals surface area contributed by atoms with Crippen molar-refractivity contribution in [2.75, 3.05) is 0 Å². The molecule has 124 valence electrons. The molecule has 3 heteroatoms. The van der Waals surface area contributed by atoms with E-state index in [1.54, 1.807) is 0 Å². The molecule has 1 aromatic carbocycles. The van der Waals surface area contributed by atoms with Gasteiger partial charge in [0.1, 0.15) is 5.60 Å². The zero-order chi connectivity index (χ0) is 16.8. The minimum Gasteiger partial charge on any atom is -0.297 e. The summed E-state index contributed by atoms with van der Waals surface area (Å²) >= 11 is 0. The van der Waals surface area contributed by atoms with E-state index < -0.39 is 11.0 Å². The second kappa shape index (κ2) is 7.77. The Bertz CT molecular complexity index is 465. The summed E-state index contributed by atoms with van der Waals surface area (Å²) in [5, 5.41) is 0. The van der Waals surface area contributed by atoms with Gasteiger partial charge < -0.3 is 0 Å². The number of hydrogen-bond acceptors (Lipinski definition) is 3. The molecule has 1 rings (SSSR count). The summed E-state index contributed by atoms with van der Waals surface area (Å²) in [7, 11) is 0. The van der Waals surface area contributed by atoms with Crippen LogP contribution in [0.1, 0.15) is 66.4 Å². The third kappa shape index (κ3) is 5.13. The Morgan fingerprint density at radius 3 is 2.23 bits per heavy atom. The number of carbonyl (C=O) groups excluding carboxylic acids is 1. The molecular weight excluding hydrogens is 276 g/mol. The predicted octanol–water partition coefficient (Wildman–Crippen LogP) is 5.25. The van der Waals surface area contributed by atoms with Crippen molar-refractivity contribution >= 4 is 5.97 Å². The third-order valence-electron chi connectivity index (χ3n) is 4.34. The Morgan fingerprint density at radius 2 is 1.73 bits per heavy atom. The zero-order valence-corrected chi connectivity index (χ0v) is 14.8. The van der Waals surface area contributed by atoms with Gasteiger partial charge in [-0.2, -0.15) is 4.89 Å². The van der Waals surface area contributed by atoms with Crippen LogP contribution in [0, 0.1) is 11.3 Å². The highest BCUT2D eigenvalue weighted by molar-refractivity contribution is 5.75. The van der Waals surface area contributed by atoms with E-state index in [0.29, 0.717) is 5.92 Å². The molecule has 0 fully saturated rings. The van der Waals surface area contributed by atoms with Gasteiger partial charge in [-0.25, -0.2) is 4.79 Å². The normalized spacial score (nSPS) is 14.7. The van der Waals surface area contributed by atoms with Gasteiger partial charge in [0.05, 0.1) is 5.41 Å². The smallest absolute Gasteiger partial charge is 0.297 e. The van der Waals surface area contributed by atoms with Gasteiger partial charge in [-0.1, -0.05) is 51.1 Å². The molecule has 1 unspecified atom stereocenters. The Kier molecular flexibility index (Phi) is 6.61. The number of hydrogen-bond donors (Lipinski definition) is 0. The van der Waals surface area contributed by atoms with Crippen molar-refractivity contribution < 1.29 is 14.6 Å². The summed E-state index contributed by atoms with van der Waals surface area (Å²) in [4.78, 5) is 23.1. The van der Waals surface area contributed by atoms with Gasteiger partial charge in [0, 0.05) is 0 Å². The summed E-state index contributed by atoms with van der Waals surface area (Å²) in [6.45, 7) is 12.1. The monoisotopic (exact) mass is 306 g/mol. The largest absolute Gasteiger partial charge is 0.348 e. The minimum atomic E-state index is -0.663. The van der Waals surface area contributed by atoms with Crippen LogP contribution in [0.25, 0.3) is 0 Å². The third-order valence-corrected chi connectivity index (χ3v) is 4.34. The van der Waals surface area contributed by atoms with Crippen LogP contribution in [0.2, 0.25) is 0 Å². The standard InChI is InChI=1S/C19H30O3/c1-7-19(6,14-13-15(2)3)17(20)21-22-18(4,5)16-11-9-8-10-12-16/h8-12,15H,7,13-14H2,1-6H3. The fourth-order valence-electron chi connectivity index (χ4n) is 2.16. The Labute approximate surface area is 134 Å². The summed E-state index contributed by atoms with van der Waals surface area (Å²) < 4.78 is 0. The van der Waals surface area contributed by atoms with Crippen LogP contribution in [-0.4, -0.2) is 5.97 Å². The number of benzene rings is 1. The quantitative estimate of drug-likeness (QED) is 0.486. The lowest BCUT2D eigenvalue weighted by Gasteiger charge is -2.29. The van der Waals surface area contributed by atoms with E-state index in [1.807, 2.05) is 58.0 Å². The van der Waals surface area contributed by atoms with E-state index in [1.165, 1.54) is 0 Å². The Balaban J connectivity index is 2.67. The number of rotatable bonds is 8. The molecule has 0 radical (unpaired) electrons. The lowest BCUT2D eigenvalue weighted by atomic mass is 9.81. The van der Waals surface area contributed by atoms with Gasteiger partial charge in [0.2, 0.25) is 0 Å². The van der Waals surface area contributed by atoms with Gasteiger partial charge in [0.15, 0.2) is 0 Å². The first-order valence-corrected chi connectivity index (χ1v) is 8.17. The Hall–Kier alpha value is -1.35. The molecule has 0 bridgehead atoms. The molecule has 0 N–H and O–H groups in total. The maximum atomic E-state index is 12.4. The van der Waals surface area contributed by atoms with Gasteiger partial charge in [-0.3, -0.25) is 4.89 Å². The summed E-state index contributed by atoms with van der Waals surface area (Å²) in [6.07, 6.45) is 2.56. The van der Waals surface area contributed by atoms with Gasteiger partial charge >= 0.3 is 5.97 Å². The highest BCUT2D eigenvalue weighted by atomic mass is 17.2. The van der Waals surface area contributed by atoms with E-state index >= 15 is 0 Å². The number of carbonyl (C=O) groups is 1. The van der Waals surface area contributed by atoms with Crippen LogP contribution < -0.4 is 0 Å². The molecule has 0 spiro atoms. The topological polar surface area (TPSA) is 35.5 Å². The first-order chi connectivity index (χ1) is 10.2. The van der Waals surface area contributed by atoms with Crippen LogP contribution >= 0.6 is 0 Å². The summed E-state index contributed by atoms with van der Waals surface area (Å²) in [5.74, 6) is 0.292. The van der Waals surface area contributed by atoms with Crippen LogP contribution in [0.5, 0.6) is 0 Å².